The third-order valence-corrected chi connectivity index (χ3v) is 7.05. The van der Waals surface area contributed by atoms with E-state index in [1.807, 2.05) is 78.5 Å². The molecule has 1 fully saturated rings. The molecule has 34 heavy (non-hydrogen) atoms. The van der Waals surface area contributed by atoms with Crippen molar-refractivity contribution in [2.45, 2.75) is 26.7 Å². The molecule has 174 valence electrons. The summed E-state index contributed by atoms with van der Waals surface area (Å²) in [7, 11) is 0. The number of amides is 1. The summed E-state index contributed by atoms with van der Waals surface area (Å²) in [5.41, 5.74) is 3.57. The van der Waals surface area contributed by atoms with Gasteiger partial charge < -0.3 is 9.64 Å². The number of benzene rings is 2. The highest BCUT2D eigenvalue weighted by atomic mass is 32.2. The minimum atomic E-state index is -0.181. The van der Waals surface area contributed by atoms with Gasteiger partial charge in [0.1, 0.15) is 11.4 Å². The van der Waals surface area contributed by atoms with E-state index in [-0.39, 0.29) is 5.91 Å². The molecule has 1 atom stereocenters. The van der Waals surface area contributed by atoms with Gasteiger partial charge in [-0.25, -0.2) is 4.68 Å². The molecule has 0 spiro atoms. The second-order valence-corrected chi connectivity index (χ2v) is 9.69. The average molecular weight is 473 g/mol. The van der Waals surface area contributed by atoms with Crippen LogP contribution in [0.2, 0.25) is 0 Å². The van der Waals surface area contributed by atoms with Gasteiger partial charge in [0, 0.05) is 30.4 Å². The number of hydrogen-bond donors (Lipinski definition) is 0. The minimum Gasteiger partial charge on any atom is -0.494 e. The Hall–Kier alpha value is -3.32. The van der Waals surface area contributed by atoms with Crippen LogP contribution in [0.4, 0.5) is 0 Å². The second-order valence-electron chi connectivity index (χ2n) is 8.68. The summed E-state index contributed by atoms with van der Waals surface area (Å²) < 4.78 is 7.56. The molecule has 0 saturated carbocycles. The van der Waals surface area contributed by atoms with Gasteiger partial charge in [-0.15, -0.1) is 0 Å². The summed E-state index contributed by atoms with van der Waals surface area (Å²) in [6, 6.07) is 17.9. The summed E-state index contributed by atoms with van der Waals surface area (Å²) in [6.45, 7) is 6.73. The fourth-order valence-corrected chi connectivity index (χ4v) is 5.31. The van der Waals surface area contributed by atoms with Gasteiger partial charge in [-0.1, -0.05) is 37.3 Å². The predicted molar refractivity (Wildman–Crippen MR) is 138 cm³/mol. The molecule has 0 radical (unpaired) electrons. The molecule has 0 unspecified atom stereocenters. The van der Waals surface area contributed by atoms with Crippen LogP contribution in [0.5, 0.6) is 5.75 Å². The lowest BCUT2D eigenvalue weighted by molar-refractivity contribution is -0.113. The van der Waals surface area contributed by atoms with Crippen molar-refractivity contribution in [1.29, 1.82) is 0 Å². The van der Waals surface area contributed by atoms with Crippen molar-refractivity contribution in [3.63, 3.8) is 0 Å². The number of aromatic nitrogens is 2. The Balaban J connectivity index is 1.50. The van der Waals surface area contributed by atoms with Crippen LogP contribution in [-0.2, 0) is 4.79 Å². The molecule has 1 saturated heterocycles. The van der Waals surface area contributed by atoms with Crippen LogP contribution in [0.25, 0.3) is 23.0 Å². The predicted octanol–water partition coefficient (Wildman–Crippen LogP) is 5.64. The Bertz CT molecular complexity index is 1250. The maximum atomic E-state index is 12.8. The number of ether oxygens (including phenoxy) is 1. The third kappa shape index (κ3) is 4.80. The number of carbonyl (C=O) groups is 1. The Morgan fingerprint density at radius 1 is 1.18 bits per heavy atom. The summed E-state index contributed by atoms with van der Waals surface area (Å²) in [5.74, 6) is 1.23. The molecule has 2 aliphatic heterocycles. The van der Waals surface area contributed by atoms with Crippen LogP contribution in [0, 0.1) is 5.92 Å². The molecular weight excluding hydrogens is 444 g/mol. The minimum absolute atomic E-state index is 0.181. The van der Waals surface area contributed by atoms with E-state index in [9.17, 15) is 4.79 Å². The van der Waals surface area contributed by atoms with Crippen molar-refractivity contribution in [1.82, 2.24) is 14.7 Å². The standard InChI is InChI=1S/C27H28N4O2S/c1-3-33-23-13-7-10-20(15-23)25-21(18-31(29-25)22-11-5-4-6-12-22)16-24-26(32)28-27(34-24)30-14-8-9-19(2)17-30/h4-7,10-13,15-16,18-19H,3,8-9,14,17H2,1-2H3/b24-16-/t19-/m0/s1. The number of carbonyl (C=O) groups excluding carboxylic acids is 1. The Labute approximate surface area is 204 Å². The van der Waals surface area contributed by atoms with Crippen molar-refractivity contribution in [2.24, 2.45) is 10.9 Å². The summed E-state index contributed by atoms with van der Waals surface area (Å²) in [5, 5.41) is 5.70. The first-order valence-corrected chi connectivity index (χ1v) is 12.6. The first-order valence-electron chi connectivity index (χ1n) is 11.8. The average Bonchev–Trinajstić information content (AvgIpc) is 3.44. The number of piperidine rings is 1. The highest BCUT2D eigenvalue weighted by molar-refractivity contribution is 8.18. The maximum Gasteiger partial charge on any atom is 0.286 e. The van der Waals surface area contributed by atoms with Crippen molar-refractivity contribution < 1.29 is 9.53 Å². The molecule has 2 aliphatic rings. The Morgan fingerprint density at radius 3 is 2.82 bits per heavy atom. The lowest BCUT2D eigenvalue weighted by Gasteiger charge is -2.31. The van der Waals surface area contributed by atoms with Gasteiger partial charge in [0.25, 0.3) is 5.91 Å². The van der Waals surface area contributed by atoms with E-state index in [1.54, 1.807) is 0 Å². The smallest absolute Gasteiger partial charge is 0.286 e. The van der Waals surface area contributed by atoms with Gasteiger partial charge in [-0.2, -0.15) is 10.1 Å². The fraction of sp³-hybridized carbons (Fsp3) is 0.296. The van der Waals surface area contributed by atoms with Crippen LogP contribution in [0.3, 0.4) is 0 Å². The molecule has 0 N–H and O–H groups in total. The quantitative estimate of drug-likeness (QED) is 0.450. The summed E-state index contributed by atoms with van der Waals surface area (Å²) in [4.78, 5) is 20.1. The molecule has 7 heteroatoms. The van der Waals surface area contributed by atoms with Gasteiger partial charge in [-0.05, 0) is 67.8 Å². The maximum absolute atomic E-state index is 12.8. The number of aliphatic imine (C=N–C) groups is 1. The lowest BCUT2D eigenvalue weighted by Crippen LogP contribution is -2.37. The number of rotatable bonds is 5. The molecule has 1 aromatic heterocycles. The van der Waals surface area contributed by atoms with Crippen LogP contribution < -0.4 is 4.74 Å². The largest absolute Gasteiger partial charge is 0.494 e. The number of likely N-dealkylation sites (tertiary alicyclic amines) is 1. The first kappa shape index (κ1) is 22.5. The number of thioether (sulfide) groups is 1. The first-order chi connectivity index (χ1) is 16.6. The van der Waals surface area contributed by atoms with Crippen LogP contribution in [0.1, 0.15) is 32.3 Å². The zero-order valence-electron chi connectivity index (χ0n) is 19.5. The zero-order chi connectivity index (χ0) is 23.5. The van der Waals surface area contributed by atoms with E-state index in [1.165, 1.54) is 18.2 Å². The molecule has 3 heterocycles. The molecular formula is C27H28N4O2S. The SMILES string of the molecule is CCOc1cccc(-c2nn(-c3ccccc3)cc2/C=C2\SC(N3CCC[C@H](C)C3)=NC2=O)c1. The van der Waals surface area contributed by atoms with E-state index < -0.39 is 0 Å². The molecule has 5 rings (SSSR count). The van der Waals surface area contributed by atoms with Gasteiger partial charge >= 0.3 is 0 Å². The number of nitrogens with zero attached hydrogens (tertiary/aromatic N) is 4. The monoisotopic (exact) mass is 472 g/mol. The second kappa shape index (κ2) is 9.89. The van der Waals surface area contributed by atoms with Crippen molar-refractivity contribution in [2.75, 3.05) is 19.7 Å². The van der Waals surface area contributed by atoms with E-state index >= 15 is 0 Å². The third-order valence-electron chi connectivity index (χ3n) is 6.01. The van der Waals surface area contributed by atoms with Crippen molar-refractivity contribution >= 4 is 28.9 Å². The highest BCUT2D eigenvalue weighted by Gasteiger charge is 2.29. The molecule has 0 aliphatic carbocycles. The van der Waals surface area contributed by atoms with Crippen molar-refractivity contribution in [3.05, 3.63) is 71.3 Å². The number of amidine groups is 1. The van der Waals surface area contributed by atoms with E-state index in [0.717, 1.165) is 52.9 Å². The summed E-state index contributed by atoms with van der Waals surface area (Å²) >= 11 is 1.47. The Kier molecular flexibility index (Phi) is 6.54. The number of para-hydroxylation sites is 1. The molecule has 1 amide bonds. The van der Waals surface area contributed by atoms with Crippen molar-refractivity contribution in [3.8, 4) is 22.7 Å². The van der Waals surface area contributed by atoms with Crippen LogP contribution >= 0.6 is 11.8 Å². The van der Waals surface area contributed by atoms with E-state index in [4.69, 9.17) is 9.84 Å². The Morgan fingerprint density at radius 2 is 2.03 bits per heavy atom. The van der Waals surface area contributed by atoms with Gasteiger partial charge in [0.05, 0.1) is 17.2 Å². The zero-order valence-corrected chi connectivity index (χ0v) is 20.3. The van der Waals surface area contributed by atoms with Gasteiger partial charge in [0.2, 0.25) is 0 Å². The van der Waals surface area contributed by atoms with E-state index in [2.05, 4.69) is 16.8 Å². The van der Waals surface area contributed by atoms with Gasteiger partial charge in [-0.3, -0.25) is 4.79 Å². The molecule has 3 aromatic rings. The molecule has 6 nitrogen and oxygen atoms in total. The highest BCUT2D eigenvalue weighted by Crippen LogP contribution is 2.35. The summed E-state index contributed by atoms with van der Waals surface area (Å²) in [6.07, 6.45) is 6.26. The topological polar surface area (TPSA) is 59.7 Å². The fourth-order valence-electron chi connectivity index (χ4n) is 4.37. The van der Waals surface area contributed by atoms with E-state index in [0.29, 0.717) is 17.4 Å². The lowest BCUT2D eigenvalue weighted by atomic mass is 10.0. The van der Waals surface area contributed by atoms with Gasteiger partial charge in [0.15, 0.2) is 5.17 Å². The van der Waals surface area contributed by atoms with Crippen LogP contribution in [0.15, 0.2) is 70.7 Å². The van der Waals surface area contributed by atoms with Crippen LogP contribution in [-0.4, -0.2) is 45.5 Å². The normalized spacial score (nSPS) is 19.5. The molecule has 2 aromatic carbocycles. The number of hydrogen-bond acceptors (Lipinski definition) is 5. The molecule has 0 bridgehead atoms.